The van der Waals surface area contributed by atoms with E-state index < -0.39 is 0 Å². The van der Waals surface area contributed by atoms with E-state index in [1.54, 1.807) is 0 Å². The summed E-state index contributed by atoms with van der Waals surface area (Å²) in [5.41, 5.74) is 39.1. The maximum Gasteiger partial charge on any atom is 0.0714 e. The zero-order valence-corrected chi connectivity index (χ0v) is 73.7. The van der Waals surface area contributed by atoms with Gasteiger partial charge in [0.05, 0.1) is 16.2 Å². The molecule has 132 heavy (non-hydrogen) atoms. The van der Waals surface area contributed by atoms with Crippen LogP contribution in [0.4, 0.5) is 45.5 Å². The summed E-state index contributed by atoms with van der Waals surface area (Å²) in [5.74, 6) is 0. The van der Waals surface area contributed by atoms with E-state index >= 15 is 0 Å². The van der Waals surface area contributed by atoms with Crippen molar-refractivity contribution in [3.8, 4) is 55.6 Å². The molecular formula is C128H96N4. The normalized spacial score (nSPS) is 13.3. The summed E-state index contributed by atoms with van der Waals surface area (Å²) in [7, 11) is 0. The first kappa shape index (κ1) is 81.1. The Morgan fingerprint density at radius 2 is 0.417 bits per heavy atom. The fourth-order valence-electron chi connectivity index (χ4n) is 21.5. The van der Waals surface area contributed by atoms with E-state index in [1.165, 1.54) is 155 Å². The van der Waals surface area contributed by atoms with E-state index in [2.05, 4.69) is 551 Å². The Labute approximate surface area is 773 Å². The predicted molar refractivity (Wildman–Crippen MR) is 555 cm³/mol. The number of hydrogen-bond donors (Lipinski definition) is 4. The Morgan fingerprint density at radius 1 is 0.152 bits per heavy atom. The van der Waals surface area contributed by atoms with E-state index in [0.29, 0.717) is 0 Å². The van der Waals surface area contributed by atoms with Gasteiger partial charge in [0.1, 0.15) is 0 Å². The largest absolute Gasteiger partial charge is 0.356 e. The second kappa shape index (κ2) is 34.8. The molecule has 4 N–H and O–H groups in total. The van der Waals surface area contributed by atoms with Crippen molar-refractivity contribution in [2.45, 2.75) is 35.5 Å². The van der Waals surface area contributed by atoms with Crippen LogP contribution in [0.1, 0.15) is 91.7 Å². The van der Waals surface area contributed by atoms with Crippen LogP contribution in [0.2, 0.25) is 0 Å². The van der Waals surface area contributed by atoms with E-state index in [4.69, 9.17) is 0 Å². The molecule has 25 rings (SSSR count). The zero-order chi connectivity index (χ0) is 88.4. The molecule has 628 valence electrons. The molecule has 0 aromatic heterocycles. The van der Waals surface area contributed by atoms with Crippen molar-refractivity contribution in [1.29, 1.82) is 0 Å². The van der Waals surface area contributed by atoms with Crippen molar-refractivity contribution in [1.82, 2.24) is 0 Å². The van der Waals surface area contributed by atoms with E-state index in [0.717, 1.165) is 45.5 Å². The van der Waals surface area contributed by atoms with Gasteiger partial charge in [-0.3, -0.25) is 0 Å². The lowest BCUT2D eigenvalue weighted by atomic mass is 9.67. The number of rotatable bonds is 15. The van der Waals surface area contributed by atoms with Gasteiger partial charge in [-0.1, -0.05) is 445 Å². The molecule has 0 saturated heterocycles. The number of fused-ring (bicyclic) bond motifs is 14. The summed E-state index contributed by atoms with van der Waals surface area (Å²) < 4.78 is 0. The SMILES string of the molecule is CC1(C)c2ccccc2-c2ccc(Nc3cccc4ccccc34)cc21.c1ccc(-c2ccc(Nc3ccc4c(c3)C(c3ccccc3)(c3ccccc3)c3ccccc3-4)cc2)cc1.c1ccc(C2(c3ccccc3)c3ccccc3-c3ccc(Nc4ccc5ccccc5c4)cc32)cc1.c1ccc(Nc2ccc3c(c2)C(c2ccccc2)(c2ccccc2)c2ccccc2-3)cc1. The third-order valence-electron chi connectivity index (χ3n) is 27.4. The van der Waals surface area contributed by atoms with Crippen LogP contribution < -0.4 is 21.3 Å². The first-order valence-electron chi connectivity index (χ1n) is 45.8. The van der Waals surface area contributed by atoms with Gasteiger partial charge >= 0.3 is 0 Å². The third kappa shape index (κ3) is 14.5. The van der Waals surface area contributed by atoms with Gasteiger partial charge in [0.15, 0.2) is 0 Å². The van der Waals surface area contributed by atoms with Gasteiger partial charge in [-0.2, -0.15) is 0 Å². The monoisotopic (exact) mass is 1690 g/mol. The molecule has 0 saturated carbocycles. The highest BCUT2D eigenvalue weighted by atomic mass is 14.9. The minimum Gasteiger partial charge on any atom is -0.356 e. The first-order chi connectivity index (χ1) is 65.2. The number of para-hydroxylation sites is 1. The Morgan fingerprint density at radius 3 is 0.841 bits per heavy atom. The number of anilines is 8. The van der Waals surface area contributed by atoms with Crippen LogP contribution in [-0.4, -0.2) is 0 Å². The van der Waals surface area contributed by atoms with Crippen molar-refractivity contribution >= 4 is 67.0 Å². The topological polar surface area (TPSA) is 48.1 Å². The standard InChI is InChI=1S/C37H27N.C35H25N.C31H23N.C25H21N/c1-4-12-27(13-5-1)28-20-22-31(23-21-28)38-32-24-25-34-33-18-10-11-19-35(33)37(36(34)26-32,29-14-6-2-7-15-29)30-16-8-3-9-17-30;1-3-13-27(14-4-1)35(28-15-5-2-6-16-28)33-18-10-9-17-31(33)32-22-21-30(24-34(32)35)36-29-20-19-25-11-7-8-12-26(25)23-29;1-4-12-23(13-5-1)31(24-14-6-2-7-15-24)29-19-11-10-18-27(29)28-21-20-26(22-30(28)31)32-25-16-8-3-9-17-25;1-25(2)22-12-6-5-11-20(22)21-15-14-18(16-23(21)25)26-24-13-7-9-17-8-3-4-10-19(17)24/h1-26,38H;1-24,36H;1-22,32H;3-16,26H,1-2H3. The number of benzene rings is 21. The van der Waals surface area contributed by atoms with Crippen LogP contribution in [0, 0.1) is 0 Å². The lowest BCUT2D eigenvalue weighted by molar-refractivity contribution is 0.660. The molecular weight excluding hydrogens is 1590 g/mol. The summed E-state index contributed by atoms with van der Waals surface area (Å²) in [4.78, 5) is 0. The molecule has 4 nitrogen and oxygen atoms in total. The van der Waals surface area contributed by atoms with Gasteiger partial charge in [-0.05, 0) is 241 Å². The van der Waals surface area contributed by atoms with Crippen LogP contribution in [0.3, 0.4) is 0 Å². The van der Waals surface area contributed by atoms with Crippen LogP contribution in [0.25, 0.3) is 77.2 Å². The zero-order valence-electron chi connectivity index (χ0n) is 73.7. The lowest BCUT2D eigenvalue weighted by Crippen LogP contribution is -2.28. The first-order valence-corrected chi connectivity index (χ1v) is 45.8. The summed E-state index contributed by atoms with van der Waals surface area (Å²) in [6.07, 6.45) is 0. The summed E-state index contributed by atoms with van der Waals surface area (Å²) >= 11 is 0. The minimum atomic E-state index is -0.386. The van der Waals surface area contributed by atoms with Gasteiger partial charge < -0.3 is 21.3 Å². The summed E-state index contributed by atoms with van der Waals surface area (Å²) in [6.45, 7) is 4.64. The summed E-state index contributed by atoms with van der Waals surface area (Å²) in [6, 6.07) is 188. The molecule has 4 aliphatic rings. The van der Waals surface area contributed by atoms with Crippen molar-refractivity contribution in [3.63, 3.8) is 0 Å². The molecule has 0 radical (unpaired) electrons. The van der Waals surface area contributed by atoms with Gasteiger partial charge in [0.25, 0.3) is 0 Å². The highest BCUT2D eigenvalue weighted by Crippen LogP contribution is 2.61. The number of nitrogens with one attached hydrogen (secondary N) is 4. The minimum absolute atomic E-state index is 0.0301. The van der Waals surface area contributed by atoms with E-state index in [1.807, 2.05) is 6.07 Å². The van der Waals surface area contributed by atoms with Crippen LogP contribution >= 0.6 is 0 Å². The fraction of sp³-hybridized carbons (Fsp3) is 0.0469. The molecule has 0 heterocycles. The van der Waals surface area contributed by atoms with Crippen molar-refractivity contribution in [3.05, 3.63) is 600 Å². The van der Waals surface area contributed by atoms with Crippen LogP contribution in [-0.2, 0) is 21.7 Å². The molecule has 4 aliphatic carbocycles. The molecule has 0 spiro atoms. The fourth-order valence-corrected chi connectivity index (χ4v) is 21.5. The molecule has 0 unspecified atom stereocenters. The Bertz CT molecular complexity index is 7630. The molecule has 0 bridgehead atoms. The quantitative estimate of drug-likeness (QED) is 0.0826. The van der Waals surface area contributed by atoms with Gasteiger partial charge in [0.2, 0.25) is 0 Å². The maximum absolute atomic E-state index is 3.69. The molecule has 0 atom stereocenters. The van der Waals surface area contributed by atoms with Gasteiger partial charge in [0, 0.05) is 56.3 Å². The van der Waals surface area contributed by atoms with E-state index in [9.17, 15) is 0 Å². The average molecular weight is 1690 g/mol. The van der Waals surface area contributed by atoms with Crippen molar-refractivity contribution < 1.29 is 0 Å². The molecule has 4 heteroatoms. The van der Waals surface area contributed by atoms with Crippen molar-refractivity contribution in [2.75, 3.05) is 21.3 Å². The number of hydrogen-bond acceptors (Lipinski definition) is 4. The second-order valence-corrected chi connectivity index (χ2v) is 35.2. The predicted octanol–water partition coefficient (Wildman–Crippen LogP) is 33.1. The molecule has 0 fully saturated rings. The Hall–Kier alpha value is -16.7. The third-order valence-corrected chi connectivity index (χ3v) is 27.4. The van der Waals surface area contributed by atoms with Crippen LogP contribution in [0.15, 0.2) is 522 Å². The highest BCUT2D eigenvalue weighted by molar-refractivity contribution is 5.97. The molecule has 0 amide bonds. The Kier molecular flexibility index (Phi) is 21.4. The second-order valence-electron chi connectivity index (χ2n) is 35.2. The molecule has 21 aromatic carbocycles. The van der Waals surface area contributed by atoms with Crippen molar-refractivity contribution in [2.24, 2.45) is 0 Å². The lowest BCUT2D eigenvalue weighted by Gasteiger charge is -2.34. The maximum atomic E-state index is 3.69. The molecule has 0 aliphatic heterocycles. The smallest absolute Gasteiger partial charge is 0.0714 e. The van der Waals surface area contributed by atoms with Crippen LogP contribution in [0.5, 0.6) is 0 Å². The van der Waals surface area contributed by atoms with E-state index in [-0.39, 0.29) is 21.7 Å². The summed E-state index contributed by atoms with van der Waals surface area (Å²) in [5, 5.41) is 19.6. The Balaban J connectivity index is 0.000000104. The highest BCUT2D eigenvalue weighted by Gasteiger charge is 2.49. The van der Waals surface area contributed by atoms with Gasteiger partial charge in [-0.15, -0.1) is 0 Å². The molecule has 21 aromatic rings. The van der Waals surface area contributed by atoms with Gasteiger partial charge in [-0.25, -0.2) is 0 Å². The average Bonchev–Trinajstić information content (AvgIpc) is 1.55.